The van der Waals surface area contributed by atoms with Crippen molar-refractivity contribution in [2.75, 3.05) is 5.75 Å². The van der Waals surface area contributed by atoms with E-state index in [2.05, 4.69) is 0 Å². The van der Waals surface area contributed by atoms with Gasteiger partial charge in [-0.05, 0) is 13.8 Å². The van der Waals surface area contributed by atoms with Crippen LogP contribution in [-0.2, 0) is 9.84 Å². The van der Waals surface area contributed by atoms with Crippen molar-refractivity contribution in [3.05, 3.63) is 0 Å². The zero-order valence-corrected chi connectivity index (χ0v) is 7.67. The maximum absolute atomic E-state index is 11.6. The molecule has 0 aromatic heterocycles. The maximum Gasteiger partial charge on any atom is 0.390 e. The van der Waals surface area contributed by atoms with Gasteiger partial charge in [-0.15, -0.1) is 0 Å². The first kappa shape index (κ1) is 11.7. The summed E-state index contributed by atoms with van der Waals surface area (Å²) in [4.78, 5) is 0. The Kier molecular flexibility index (Phi) is 3.56. The van der Waals surface area contributed by atoms with Crippen molar-refractivity contribution in [2.45, 2.75) is 31.7 Å². The minimum Gasteiger partial charge on any atom is -0.229 e. The predicted molar refractivity (Wildman–Crippen MR) is 39.6 cm³/mol. The number of sulfone groups is 1. The van der Waals surface area contributed by atoms with E-state index in [-0.39, 0.29) is 0 Å². The first-order valence-electron chi connectivity index (χ1n) is 3.43. The van der Waals surface area contributed by atoms with Crippen LogP contribution in [0.1, 0.15) is 20.3 Å². The van der Waals surface area contributed by atoms with Gasteiger partial charge in [-0.1, -0.05) is 0 Å². The third-order valence-corrected chi connectivity index (χ3v) is 3.60. The average molecular weight is 204 g/mol. The molecular formula is C6H11F3O2S. The van der Waals surface area contributed by atoms with Crippen molar-refractivity contribution < 1.29 is 21.6 Å². The van der Waals surface area contributed by atoms with Gasteiger partial charge in [0.25, 0.3) is 0 Å². The molecule has 0 N–H and O–H groups in total. The molecule has 0 amide bonds. The molecule has 0 radical (unpaired) electrons. The van der Waals surface area contributed by atoms with Crippen LogP contribution in [0.25, 0.3) is 0 Å². The van der Waals surface area contributed by atoms with Crippen molar-refractivity contribution >= 4 is 9.84 Å². The summed E-state index contributed by atoms with van der Waals surface area (Å²) in [6, 6.07) is 0. The quantitative estimate of drug-likeness (QED) is 0.702. The van der Waals surface area contributed by atoms with Crippen molar-refractivity contribution in [3.63, 3.8) is 0 Å². The van der Waals surface area contributed by atoms with E-state index in [1.54, 1.807) is 0 Å². The Labute approximate surface area is 69.7 Å². The Morgan fingerprint density at radius 2 is 1.67 bits per heavy atom. The van der Waals surface area contributed by atoms with Gasteiger partial charge in [0.2, 0.25) is 0 Å². The molecule has 6 heteroatoms. The van der Waals surface area contributed by atoms with Crippen LogP contribution in [0.4, 0.5) is 13.2 Å². The Hall–Kier alpha value is -0.260. The fraction of sp³-hybridized carbons (Fsp3) is 1.00. The largest absolute Gasteiger partial charge is 0.390 e. The number of rotatable bonds is 3. The molecular weight excluding hydrogens is 193 g/mol. The summed E-state index contributed by atoms with van der Waals surface area (Å²) in [7, 11) is -3.55. The molecule has 0 heterocycles. The normalized spacial score (nSPS) is 13.8. The van der Waals surface area contributed by atoms with Crippen LogP contribution in [0.5, 0.6) is 0 Å². The SMILES string of the molecule is CC(C)S(=O)(=O)CCC(F)(F)F. The molecule has 0 aliphatic rings. The number of hydrogen-bond acceptors (Lipinski definition) is 2. The van der Waals surface area contributed by atoms with Crippen LogP contribution in [0.3, 0.4) is 0 Å². The summed E-state index contributed by atoms with van der Waals surface area (Å²) in [6.07, 6.45) is -5.64. The maximum atomic E-state index is 11.6. The molecule has 0 fully saturated rings. The summed E-state index contributed by atoms with van der Waals surface area (Å²) in [6.45, 7) is 2.73. The van der Waals surface area contributed by atoms with E-state index >= 15 is 0 Å². The molecule has 0 aromatic rings. The van der Waals surface area contributed by atoms with Crippen LogP contribution in [0, 0.1) is 0 Å². The Bertz CT molecular complexity index is 228. The highest BCUT2D eigenvalue weighted by atomic mass is 32.2. The molecule has 0 aromatic carbocycles. The summed E-state index contributed by atoms with van der Waals surface area (Å²) in [5.41, 5.74) is 0. The first-order valence-corrected chi connectivity index (χ1v) is 5.15. The lowest BCUT2D eigenvalue weighted by Crippen LogP contribution is -2.22. The van der Waals surface area contributed by atoms with Crippen molar-refractivity contribution in [3.8, 4) is 0 Å². The fourth-order valence-electron chi connectivity index (χ4n) is 0.494. The standard InChI is InChI=1S/C6H11F3O2S/c1-5(2)12(10,11)4-3-6(7,8)9/h5H,3-4H2,1-2H3. The monoisotopic (exact) mass is 204 g/mol. The fourth-order valence-corrected chi connectivity index (χ4v) is 1.48. The molecule has 0 saturated heterocycles. The van der Waals surface area contributed by atoms with Gasteiger partial charge in [0.05, 0.1) is 17.4 Å². The van der Waals surface area contributed by atoms with E-state index in [4.69, 9.17) is 0 Å². The van der Waals surface area contributed by atoms with Crippen LogP contribution in [0.15, 0.2) is 0 Å². The van der Waals surface area contributed by atoms with Gasteiger partial charge in [0.15, 0.2) is 9.84 Å². The van der Waals surface area contributed by atoms with Gasteiger partial charge in [-0.2, -0.15) is 13.2 Å². The molecule has 0 unspecified atom stereocenters. The van der Waals surface area contributed by atoms with Gasteiger partial charge >= 0.3 is 6.18 Å². The second kappa shape index (κ2) is 3.64. The number of alkyl halides is 3. The predicted octanol–water partition coefficient (Wildman–Crippen LogP) is 1.76. The lowest BCUT2D eigenvalue weighted by atomic mass is 10.5. The number of hydrogen-bond donors (Lipinski definition) is 0. The molecule has 0 rings (SSSR count). The highest BCUT2D eigenvalue weighted by Gasteiger charge is 2.30. The molecule has 12 heavy (non-hydrogen) atoms. The third-order valence-electron chi connectivity index (χ3n) is 1.39. The van der Waals surface area contributed by atoms with Gasteiger partial charge in [-0.3, -0.25) is 0 Å². The smallest absolute Gasteiger partial charge is 0.229 e. The summed E-state index contributed by atoms with van der Waals surface area (Å²) in [5, 5.41) is -0.736. The second-order valence-corrected chi connectivity index (χ2v) is 5.46. The van der Waals surface area contributed by atoms with Crippen molar-refractivity contribution in [1.82, 2.24) is 0 Å². The molecule has 0 bridgehead atoms. The van der Waals surface area contributed by atoms with Gasteiger partial charge in [0.1, 0.15) is 0 Å². The zero-order chi connectivity index (χ0) is 9.99. The molecule has 0 saturated carbocycles. The molecule has 0 atom stereocenters. The first-order chi connectivity index (χ1) is 5.15. The summed E-state index contributed by atoms with van der Waals surface area (Å²) in [5.74, 6) is -0.811. The summed E-state index contributed by atoms with van der Waals surface area (Å²) < 4.78 is 56.5. The highest BCUT2D eigenvalue weighted by Crippen LogP contribution is 2.21. The third kappa shape index (κ3) is 4.58. The molecule has 0 aliphatic heterocycles. The topological polar surface area (TPSA) is 34.1 Å². The van der Waals surface area contributed by atoms with Crippen LogP contribution >= 0.6 is 0 Å². The van der Waals surface area contributed by atoms with Gasteiger partial charge < -0.3 is 0 Å². The lowest BCUT2D eigenvalue weighted by Gasteiger charge is -2.09. The highest BCUT2D eigenvalue weighted by molar-refractivity contribution is 7.91. The average Bonchev–Trinajstić information content (AvgIpc) is 1.82. The van der Waals surface area contributed by atoms with Crippen LogP contribution in [0.2, 0.25) is 0 Å². The molecule has 2 nitrogen and oxygen atoms in total. The molecule has 0 aliphatic carbocycles. The Morgan fingerprint density at radius 3 is 1.92 bits per heavy atom. The van der Waals surface area contributed by atoms with Gasteiger partial charge in [-0.25, -0.2) is 8.42 Å². The van der Waals surface area contributed by atoms with Crippen molar-refractivity contribution in [2.24, 2.45) is 0 Å². The Balaban J connectivity index is 4.12. The lowest BCUT2D eigenvalue weighted by molar-refractivity contribution is -0.129. The van der Waals surface area contributed by atoms with E-state index in [1.807, 2.05) is 0 Å². The zero-order valence-electron chi connectivity index (χ0n) is 6.85. The second-order valence-electron chi connectivity index (χ2n) is 2.78. The van der Waals surface area contributed by atoms with Crippen LogP contribution in [-0.4, -0.2) is 25.6 Å². The minimum atomic E-state index is -4.39. The minimum absolute atomic E-state index is 0.736. The van der Waals surface area contributed by atoms with E-state index in [1.165, 1.54) is 13.8 Å². The van der Waals surface area contributed by atoms with E-state index < -0.39 is 33.4 Å². The van der Waals surface area contributed by atoms with E-state index in [0.717, 1.165) is 0 Å². The number of halogens is 3. The van der Waals surface area contributed by atoms with Crippen LogP contribution < -0.4 is 0 Å². The van der Waals surface area contributed by atoms with E-state index in [0.29, 0.717) is 0 Å². The van der Waals surface area contributed by atoms with E-state index in [9.17, 15) is 21.6 Å². The molecule has 74 valence electrons. The van der Waals surface area contributed by atoms with Crippen molar-refractivity contribution in [1.29, 1.82) is 0 Å². The summed E-state index contributed by atoms with van der Waals surface area (Å²) >= 11 is 0. The Morgan fingerprint density at radius 1 is 1.25 bits per heavy atom. The molecule has 0 spiro atoms. The van der Waals surface area contributed by atoms with Gasteiger partial charge in [0, 0.05) is 0 Å².